The van der Waals surface area contributed by atoms with E-state index < -0.39 is 0 Å². The SMILES string of the molecule is Fc1ccc(-c2ncn(C3CCCCC3)c2-c2ccnc(NCc3ccccc3F)n2)cc1. The predicted molar refractivity (Wildman–Crippen MR) is 124 cm³/mol. The Morgan fingerprint density at radius 3 is 2.48 bits per heavy atom. The molecule has 1 saturated carbocycles. The van der Waals surface area contributed by atoms with Gasteiger partial charge in [-0.3, -0.25) is 0 Å². The number of aromatic nitrogens is 4. The number of hydrogen-bond donors (Lipinski definition) is 1. The molecule has 2 heterocycles. The Kier molecular flexibility index (Phi) is 6.11. The van der Waals surface area contributed by atoms with Crippen LogP contribution in [0.4, 0.5) is 14.7 Å². The topological polar surface area (TPSA) is 55.6 Å². The van der Waals surface area contributed by atoms with Gasteiger partial charge in [-0.2, -0.15) is 0 Å². The maximum atomic E-state index is 14.0. The van der Waals surface area contributed by atoms with Crippen LogP contribution in [0.1, 0.15) is 43.7 Å². The molecule has 33 heavy (non-hydrogen) atoms. The number of rotatable bonds is 6. The molecule has 1 aliphatic rings. The molecule has 0 atom stereocenters. The first-order chi connectivity index (χ1) is 16.2. The lowest BCUT2D eigenvalue weighted by Gasteiger charge is -2.25. The molecule has 4 aromatic rings. The summed E-state index contributed by atoms with van der Waals surface area (Å²) in [6, 6.07) is 15.2. The van der Waals surface area contributed by atoms with E-state index in [9.17, 15) is 8.78 Å². The molecular formula is C26H25F2N5. The van der Waals surface area contributed by atoms with E-state index in [1.54, 1.807) is 36.5 Å². The van der Waals surface area contributed by atoms with Crippen molar-refractivity contribution in [2.24, 2.45) is 0 Å². The standard InChI is InChI=1S/C26H25F2N5/c27-20-12-10-18(11-13-20)24-25(33(17-31-24)21-7-2-1-3-8-21)23-14-15-29-26(32-23)30-16-19-6-4-5-9-22(19)28/h4-6,9-15,17,21H,1-3,7-8,16H2,(H,29,30,32). The molecule has 2 aromatic carbocycles. The van der Waals surface area contributed by atoms with Gasteiger partial charge in [0.25, 0.3) is 0 Å². The Morgan fingerprint density at radius 1 is 0.909 bits per heavy atom. The van der Waals surface area contributed by atoms with E-state index in [0.29, 0.717) is 17.6 Å². The number of benzene rings is 2. The third-order valence-corrected chi connectivity index (χ3v) is 6.17. The lowest BCUT2D eigenvalue weighted by atomic mass is 9.95. The maximum absolute atomic E-state index is 14.0. The molecule has 1 N–H and O–H groups in total. The lowest BCUT2D eigenvalue weighted by molar-refractivity contribution is 0.355. The van der Waals surface area contributed by atoms with Crippen LogP contribution in [0, 0.1) is 11.6 Å². The smallest absolute Gasteiger partial charge is 0.223 e. The van der Waals surface area contributed by atoms with E-state index in [2.05, 4.69) is 14.9 Å². The summed E-state index contributed by atoms with van der Waals surface area (Å²) in [4.78, 5) is 13.8. The van der Waals surface area contributed by atoms with Gasteiger partial charge in [0, 0.05) is 29.9 Å². The summed E-state index contributed by atoms with van der Waals surface area (Å²) in [6.07, 6.45) is 9.38. The highest BCUT2D eigenvalue weighted by Crippen LogP contribution is 2.37. The molecule has 5 nitrogen and oxygen atoms in total. The fourth-order valence-electron chi connectivity index (χ4n) is 4.46. The van der Waals surface area contributed by atoms with E-state index in [-0.39, 0.29) is 18.2 Å². The van der Waals surface area contributed by atoms with Gasteiger partial charge in [0.1, 0.15) is 11.6 Å². The number of imidazole rings is 1. The van der Waals surface area contributed by atoms with Crippen LogP contribution in [0.5, 0.6) is 0 Å². The summed E-state index contributed by atoms with van der Waals surface area (Å²) in [5.41, 5.74) is 3.76. The van der Waals surface area contributed by atoms with E-state index in [1.165, 1.54) is 37.5 Å². The van der Waals surface area contributed by atoms with Gasteiger partial charge in [0.15, 0.2) is 0 Å². The van der Waals surface area contributed by atoms with Crippen molar-refractivity contribution >= 4 is 5.95 Å². The Balaban J connectivity index is 1.51. The lowest BCUT2D eigenvalue weighted by Crippen LogP contribution is -2.14. The Labute approximate surface area is 191 Å². The van der Waals surface area contributed by atoms with E-state index in [0.717, 1.165) is 35.5 Å². The van der Waals surface area contributed by atoms with Gasteiger partial charge in [-0.1, -0.05) is 37.5 Å². The molecule has 1 fully saturated rings. The van der Waals surface area contributed by atoms with Gasteiger partial charge < -0.3 is 9.88 Å². The summed E-state index contributed by atoms with van der Waals surface area (Å²) in [5.74, 6) is -0.138. The van der Waals surface area contributed by atoms with Gasteiger partial charge in [-0.15, -0.1) is 0 Å². The average molecular weight is 446 g/mol. The molecule has 0 aliphatic heterocycles. The highest BCUT2D eigenvalue weighted by atomic mass is 19.1. The van der Waals surface area contributed by atoms with Gasteiger partial charge in [-0.25, -0.2) is 23.7 Å². The monoisotopic (exact) mass is 445 g/mol. The van der Waals surface area contributed by atoms with Gasteiger partial charge in [-0.05, 0) is 49.2 Å². The summed E-state index contributed by atoms with van der Waals surface area (Å²) in [5, 5.41) is 3.13. The van der Waals surface area contributed by atoms with Gasteiger partial charge >= 0.3 is 0 Å². The van der Waals surface area contributed by atoms with Crippen molar-refractivity contribution < 1.29 is 8.78 Å². The fourth-order valence-corrected chi connectivity index (χ4v) is 4.46. The largest absolute Gasteiger partial charge is 0.350 e. The number of halogens is 2. The summed E-state index contributed by atoms with van der Waals surface area (Å²) in [6.45, 7) is 0.281. The second-order valence-electron chi connectivity index (χ2n) is 8.36. The van der Waals surface area contributed by atoms with Crippen LogP contribution < -0.4 is 5.32 Å². The molecule has 2 aromatic heterocycles. The van der Waals surface area contributed by atoms with Crippen molar-refractivity contribution in [3.63, 3.8) is 0 Å². The summed E-state index contributed by atoms with van der Waals surface area (Å²) >= 11 is 0. The zero-order chi connectivity index (χ0) is 22.6. The second-order valence-corrected chi connectivity index (χ2v) is 8.36. The van der Waals surface area contributed by atoms with Crippen molar-refractivity contribution in [1.82, 2.24) is 19.5 Å². The van der Waals surface area contributed by atoms with Crippen molar-refractivity contribution in [2.45, 2.75) is 44.7 Å². The first kappa shape index (κ1) is 21.2. The quantitative estimate of drug-likeness (QED) is 0.373. The van der Waals surface area contributed by atoms with Crippen LogP contribution >= 0.6 is 0 Å². The third kappa shape index (κ3) is 4.62. The minimum atomic E-state index is -0.284. The zero-order valence-corrected chi connectivity index (χ0v) is 18.2. The summed E-state index contributed by atoms with van der Waals surface area (Å²) < 4.78 is 29.8. The predicted octanol–water partition coefficient (Wildman–Crippen LogP) is 6.40. The summed E-state index contributed by atoms with van der Waals surface area (Å²) in [7, 11) is 0. The Bertz CT molecular complexity index is 1230. The molecular weight excluding hydrogens is 420 g/mol. The molecule has 1 aliphatic carbocycles. The molecule has 0 amide bonds. The molecule has 0 bridgehead atoms. The zero-order valence-electron chi connectivity index (χ0n) is 18.2. The molecule has 7 heteroatoms. The normalized spacial score (nSPS) is 14.4. The van der Waals surface area contributed by atoms with Crippen molar-refractivity contribution in [3.8, 4) is 22.6 Å². The second kappa shape index (κ2) is 9.48. The average Bonchev–Trinajstić information content (AvgIpc) is 3.30. The third-order valence-electron chi connectivity index (χ3n) is 6.17. The van der Waals surface area contributed by atoms with Crippen LogP contribution in [-0.4, -0.2) is 19.5 Å². The first-order valence-electron chi connectivity index (χ1n) is 11.3. The molecule has 0 radical (unpaired) electrons. The van der Waals surface area contributed by atoms with Crippen LogP contribution in [-0.2, 0) is 6.54 Å². The molecule has 168 valence electrons. The fraction of sp³-hybridized carbons (Fsp3) is 0.269. The minimum Gasteiger partial charge on any atom is -0.350 e. The molecule has 5 rings (SSSR count). The van der Waals surface area contributed by atoms with Crippen molar-refractivity contribution in [1.29, 1.82) is 0 Å². The highest BCUT2D eigenvalue weighted by Gasteiger charge is 2.23. The Hall–Kier alpha value is -3.61. The number of nitrogens with zero attached hydrogens (tertiary/aromatic N) is 4. The van der Waals surface area contributed by atoms with Gasteiger partial charge in [0.05, 0.1) is 23.4 Å². The Morgan fingerprint density at radius 2 is 1.70 bits per heavy atom. The highest BCUT2D eigenvalue weighted by molar-refractivity contribution is 5.77. The number of nitrogens with one attached hydrogen (secondary N) is 1. The van der Waals surface area contributed by atoms with Crippen LogP contribution in [0.3, 0.4) is 0 Å². The molecule has 0 saturated heterocycles. The maximum Gasteiger partial charge on any atom is 0.223 e. The van der Waals surface area contributed by atoms with Crippen molar-refractivity contribution in [3.05, 3.63) is 84.3 Å². The van der Waals surface area contributed by atoms with E-state index in [4.69, 9.17) is 9.97 Å². The van der Waals surface area contributed by atoms with Crippen LogP contribution in [0.25, 0.3) is 22.6 Å². The molecule has 0 unspecified atom stereocenters. The van der Waals surface area contributed by atoms with E-state index in [1.807, 2.05) is 12.4 Å². The number of hydrogen-bond acceptors (Lipinski definition) is 4. The molecule has 0 spiro atoms. The van der Waals surface area contributed by atoms with Crippen LogP contribution in [0.15, 0.2) is 67.1 Å². The van der Waals surface area contributed by atoms with Crippen molar-refractivity contribution in [2.75, 3.05) is 5.32 Å². The minimum absolute atomic E-state index is 0.268. The van der Waals surface area contributed by atoms with Gasteiger partial charge in [0.2, 0.25) is 5.95 Å². The van der Waals surface area contributed by atoms with Crippen LogP contribution in [0.2, 0.25) is 0 Å². The number of anilines is 1. The first-order valence-corrected chi connectivity index (χ1v) is 11.3. The van der Waals surface area contributed by atoms with E-state index >= 15 is 0 Å².